The average Bonchev–Trinajstić information content (AvgIpc) is 2.98. The highest BCUT2D eigenvalue weighted by Crippen LogP contribution is 2.31. The van der Waals surface area contributed by atoms with E-state index in [0.717, 1.165) is 16.1 Å². The molecular weight excluding hydrogens is 308 g/mol. The average molecular weight is 327 g/mol. The van der Waals surface area contributed by atoms with E-state index in [1.807, 2.05) is 41.8 Å². The zero-order chi connectivity index (χ0) is 14.2. The summed E-state index contributed by atoms with van der Waals surface area (Å²) in [5.41, 5.74) is 1.89. The van der Waals surface area contributed by atoms with Crippen LogP contribution >= 0.6 is 23.7 Å². The number of anilines is 1. The van der Waals surface area contributed by atoms with Crippen molar-refractivity contribution >= 4 is 35.3 Å². The van der Waals surface area contributed by atoms with Gasteiger partial charge in [-0.05, 0) is 17.5 Å². The summed E-state index contributed by atoms with van der Waals surface area (Å²) < 4.78 is 4.92. The van der Waals surface area contributed by atoms with Gasteiger partial charge in [0.1, 0.15) is 0 Å². The van der Waals surface area contributed by atoms with Gasteiger partial charge in [0.15, 0.2) is 0 Å². The first-order chi connectivity index (χ1) is 9.81. The van der Waals surface area contributed by atoms with E-state index in [-0.39, 0.29) is 24.9 Å². The van der Waals surface area contributed by atoms with Crippen LogP contribution in [0.2, 0.25) is 0 Å². The van der Waals surface area contributed by atoms with Crippen LogP contribution in [0.3, 0.4) is 0 Å². The first-order valence-electron chi connectivity index (χ1n) is 6.43. The fourth-order valence-electron chi connectivity index (χ4n) is 1.81. The number of carbonyl (C=O) groups excluding carboxylic acids is 1. The largest absolute Gasteiger partial charge is 0.383 e. The summed E-state index contributed by atoms with van der Waals surface area (Å²) in [7, 11) is 1.64. The highest BCUT2D eigenvalue weighted by molar-refractivity contribution is 7.13. The first kappa shape index (κ1) is 17.7. The maximum Gasteiger partial charge on any atom is 0.238 e. The third-order valence-electron chi connectivity index (χ3n) is 2.76. The molecule has 1 amide bonds. The number of nitrogens with one attached hydrogen (secondary N) is 2. The molecule has 21 heavy (non-hydrogen) atoms. The lowest BCUT2D eigenvalue weighted by atomic mass is 10.1. The second-order valence-electron chi connectivity index (χ2n) is 4.24. The fourth-order valence-corrected chi connectivity index (χ4v) is 2.58. The van der Waals surface area contributed by atoms with Gasteiger partial charge in [-0.2, -0.15) is 0 Å². The molecule has 2 aromatic rings. The standard InChI is InChI=1S/C15H18N2O2S.ClH/c1-19-9-8-16-11-15(18)17-13-6-3-2-5-12(13)14-7-4-10-20-14;/h2-7,10,16H,8-9,11H2,1H3,(H,17,18);1H. The maximum absolute atomic E-state index is 11.9. The van der Waals surface area contributed by atoms with Crippen LogP contribution in [-0.2, 0) is 9.53 Å². The van der Waals surface area contributed by atoms with Gasteiger partial charge in [0.25, 0.3) is 0 Å². The van der Waals surface area contributed by atoms with Crippen molar-refractivity contribution < 1.29 is 9.53 Å². The van der Waals surface area contributed by atoms with Crippen molar-refractivity contribution in [2.45, 2.75) is 0 Å². The molecule has 1 aromatic carbocycles. The number of carbonyl (C=O) groups is 1. The molecule has 0 aliphatic rings. The molecule has 6 heteroatoms. The molecule has 0 unspecified atom stereocenters. The Morgan fingerprint density at radius 3 is 2.76 bits per heavy atom. The highest BCUT2D eigenvalue weighted by Gasteiger charge is 2.08. The molecule has 114 valence electrons. The van der Waals surface area contributed by atoms with Gasteiger partial charge < -0.3 is 15.4 Å². The lowest BCUT2D eigenvalue weighted by Crippen LogP contribution is -2.30. The Bertz CT molecular complexity index is 546. The predicted molar refractivity (Wildman–Crippen MR) is 90.4 cm³/mol. The Hall–Kier alpha value is -1.40. The number of methoxy groups -OCH3 is 1. The summed E-state index contributed by atoms with van der Waals surface area (Å²) in [4.78, 5) is 13.0. The second-order valence-corrected chi connectivity index (χ2v) is 5.19. The second kappa shape index (κ2) is 9.52. The van der Waals surface area contributed by atoms with E-state index >= 15 is 0 Å². The monoisotopic (exact) mass is 326 g/mol. The van der Waals surface area contributed by atoms with Crippen molar-refractivity contribution in [3.8, 4) is 10.4 Å². The normalized spacial score (nSPS) is 9.95. The van der Waals surface area contributed by atoms with Crippen LogP contribution in [-0.4, -0.2) is 32.7 Å². The van der Waals surface area contributed by atoms with E-state index in [1.165, 1.54) is 0 Å². The van der Waals surface area contributed by atoms with Crippen molar-refractivity contribution in [2.75, 3.05) is 32.1 Å². The summed E-state index contributed by atoms with van der Waals surface area (Å²) in [6, 6.07) is 11.9. The lowest BCUT2D eigenvalue weighted by Gasteiger charge is -2.10. The molecule has 2 N–H and O–H groups in total. The minimum atomic E-state index is -0.0508. The Morgan fingerprint density at radius 1 is 1.24 bits per heavy atom. The number of ether oxygens (including phenoxy) is 1. The van der Waals surface area contributed by atoms with Gasteiger partial charge in [0.05, 0.1) is 13.2 Å². The smallest absolute Gasteiger partial charge is 0.238 e. The zero-order valence-electron chi connectivity index (χ0n) is 11.8. The van der Waals surface area contributed by atoms with Gasteiger partial charge in [-0.15, -0.1) is 23.7 Å². The lowest BCUT2D eigenvalue weighted by molar-refractivity contribution is -0.115. The summed E-state index contributed by atoms with van der Waals surface area (Å²) in [5, 5.41) is 7.99. The number of rotatable bonds is 7. The molecule has 0 fully saturated rings. The zero-order valence-corrected chi connectivity index (χ0v) is 13.4. The van der Waals surface area contributed by atoms with Crippen LogP contribution in [0, 0.1) is 0 Å². The molecule has 0 atom stereocenters. The summed E-state index contributed by atoms with van der Waals surface area (Å²) >= 11 is 1.66. The van der Waals surface area contributed by atoms with Crippen LogP contribution in [0.4, 0.5) is 5.69 Å². The quantitative estimate of drug-likeness (QED) is 0.769. The highest BCUT2D eigenvalue weighted by atomic mass is 35.5. The number of para-hydroxylation sites is 1. The van der Waals surface area contributed by atoms with E-state index in [4.69, 9.17) is 4.74 Å². The molecule has 4 nitrogen and oxygen atoms in total. The molecule has 0 saturated heterocycles. The van der Waals surface area contributed by atoms with Crippen LogP contribution in [0.1, 0.15) is 0 Å². The fraction of sp³-hybridized carbons (Fsp3) is 0.267. The van der Waals surface area contributed by atoms with Crippen molar-refractivity contribution in [2.24, 2.45) is 0 Å². The number of hydrogen-bond acceptors (Lipinski definition) is 4. The molecule has 0 radical (unpaired) electrons. The van der Waals surface area contributed by atoms with Gasteiger partial charge in [0, 0.05) is 29.8 Å². The Labute approximate surface area is 134 Å². The topological polar surface area (TPSA) is 50.4 Å². The molecule has 0 aliphatic heterocycles. The molecular formula is C15H19ClN2O2S. The Balaban J connectivity index is 0.00000220. The van der Waals surface area contributed by atoms with E-state index in [0.29, 0.717) is 13.2 Å². The molecule has 0 spiro atoms. The first-order valence-corrected chi connectivity index (χ1v) is 7.31. The SMILES string of the molecule is COCCNCC(=O)Nc1ccccc1-c1cccs1.Cl. The van der Waals surface area contributed by atoms with Crippen LogP contribution in [0.25, 0.3) is 10.4 Å². The summed E-state index contributed by atoms with van der Waals surface area (Å²) in [6.45, 7) is 1.54. The minimum absolute atomic E-state index is 0. The van der Waals surface area contributed by atoms with Crippen LogP contribution in [0.15, 0.2) is 41.8 Å². The summed E-state index contributed by atoms with van der Waals surface area (Å²) in [6.07, 6.45) is 0. The molecule has 2 rings (SSSR count). The van der Waals surface area contributed by atoms with Crippen molar-refractivity contribution in [1.29, 1.82) is 0 Å². The predicted octanol–water partition coefficient (Wildman–Crippen LogP) is 3.01. The molecule has 1 aromatic heterocycles. The molecule has 0 bridgehead atoms. The van der Waals surface area contributed by atoms with Crippen LogP contribution in [0.5, 0.6) is 0 Å². The van der Waals surface area contributed by atoms with Gasteiger partial charge in [-0.3, -0.25) is 4.79 Å². The third-order valence-corrected chi connectivity index (χ3v) is 3.66. The van der Waals surface area contributed by atoms with E-state index in [1.54, 1.807) is 18.4 Å². The number of hydrogen-bond donors (Lipinski definition) is 2. The maximum atomic E-state index is 11.9. The van der Waals surface area contributed by atoms with E-state index in [2.05, 4.69) is 10.6 Å². The van der Waals surface area contributed by atoms with E-state index < -0.39 is 0 Å². The summed E-state index contributed by atoms with van der Waals surface area (Å²) in [5.74, 6) is -0.0508. The van der Waals surface area contributed by atoms with Crippen molar-refractivity contribution in [1.82, 2.24) is 5.32 Å². The Morgan fingerprint density at radius 2 is 2.05 bits per heavy atom. The number of amides is 1. The number of thiophene rings is 1. The van der Waals surface area contributed by atoms with Gasteiger partial charge in [-0.25, -0.2) is 0 Å². The van der Waals surface area contributed by atoms with Gasteiger partial charge in [-0.1, -0.05) is 24.3 Å². The number of benzene rings is 1. The van der Waals surface area contributed by atoms with Gasteiger partial charge >= 0.3 is 0 Å². The van der Waals surface area contributed by atoms with Crippen LogP contribution < -0.4 is 10.6 Å². The third kappa shape index (κ3) is 5.47. The van der Waals surface area contributed by atoms with Gasteiger partial charge in [0.2, 0.25) is 5.91 Å². The van der Waals surface area contributed by atoms with Crippen molar-refractivity contribution in [3.05, 3.63) is 41.8 Å². The molecule has 1 heterocycles. The molecule has 0 aliphatic carbocycles. The van der Waals surface area contributed by atoms with Crippen molar-refractivity contribution in [3.63, 3.8) is 0 Å². The number of halogens is 1. The molecule has 0 saturated carbocycles. The van der Waals surface area contributed by atoms with E-state index in [9.17, 15) is 4.79 Å². The Kier molecular flexibility index (Phi) is 8.00. The minimum Gasteiger partial charge on any atom is -0.383 e.